The Balaban J connectivity index is 2.12. The van der Waals surface area contributed by atoms with E-state index in [9.17, 15) is 9.59 Å². The number of hydrogen-bond donors (Lipinski definition) is 1. The molecule has 0 aliphatic carbocycles. The fourth-order valence-electron chi connectivity index (χ4n) is 4.02. The Morgan fingerprint density at radius 2 is 1.45 bits per heavy atom. The van der Waals surface area contributed by atoms with Crippen LogP contribution in [0.4, 0.5) is 4.79 Å². The van der Waals surface area contributed by atoms with E-state index in [1.54, 1.807) is 4.90 Å². The molecule has 6 nitrogen and oxygen atoms in total. The Bertz CT molecular complexity index is 505. The number of ether oxygens (including phenoxy) is 1. The van der Waals surface area contributed by atoms with Gasteiger partial charge in [-0.15, -0.1) is 0 Å². The van der Waals surface area contributed by atoms with Gasteiger partial charge < -0.3 is 14.7 Å². The van der Waals surface area contributed by atoms with Crippen LogP contribution in [0.15, 0.2) is 0 Å². The minimum atomic E-state index is -0.445. The Morgan fingerprint density at radius 1 is 0.897 bits per heavy atom. The van der Waals surface area contributed by atoms with Crippen LogP contribution in [0.3, 0.4) is 0 Å². The molecule has 170 valence electrons. The van der Waals surface area contributed by atoms with E-state index in [0.717, 1.165) is 51.7 Å². The molecule has 0 aromatic heterocycles. The molecule has 1 rings (SSSR count). The zero-order valence-electron chi connectivity index (χ0n) is 19.5. The van der Waals surface area contributed by atoms with Gasteiger partial charge in [-0.3, -0.25) is 9.69 Å². The van der Waals surface area contributed by atoms with Crippen LogP contribution in [0, 0.1) is 5.41 Å². The molecule has 0 unspecified atom stereocenters. The number of carbonyl (C=O) groups excluding carboxylic acids is 2. The van der Waals surface area contributed by atoms with E-state index in [2.05, 4.69) is 13.8 Å². The molecule has 0 aromatic rings. The molecule has 1 N–H and O–H groups in total. The van der Waals surface area contributed by atoms with Crippen LogP contribution < -0.4 is 0 Å². The SMILES string of the molecule is CCN1CC(=O)N(C(C)(C)CCCCOCCCCC(C)(C)CCCCO)C1=O. The smallest absolute Gasteiger partial charge is 0.327 e. The average Bonchev–Trinajstić information content (AvgIpc) is 2.94. The van der Waals surface area contributed by atoms with E-state index in [1.165, 1.54) is 24.2 Å². The zero-order chi connectivity index (χ0) is 21.9. The van der Waals surface area contributed by atoms with Gasteiger partial charge in [-0.05, 0) is 71.1 Å². The van der Waals surface area contributed by atoms with Crippen molar-refractivity contribution in [2.24, 2.45) is 5.41 Å². The average molecular weight is 413 g/mol. The van der Waals surface area contributed by atoms with Gasteiger partial charge in [0.25, 0.3) is 5.91 Å². The summed E-state index contributed by atoms with van der Waals surface area (Å²) in [7, 11) is 0. The molecule has 0 saturated carbocycles. The lowest BCUT2D eigenvalue weighted by Gasteiger charge is -2.33. The van der Waals surface area contributed by atoms with Gasteiger partial charge in [0.2, 0.25) is 0 Å². The third kappa shape index (κ3) is 9.04. The van der Waals surface area contributed by atoms with Gasteiger partial charge in [-0.2, -0.15) is 0 Å². The van der Waals surface area contributed by atoms with Crippen LogP contribution >= 0.6 is 0 Å². The lowest BCUT2D eigenvalue weighted by molar-refractivity contribution is -0.129. The fourth-order valence-corrected chi connectivity index (χ4v) is 4.02. The number of carbonyl (C=O) groups is 2. The van der Waals surface area contributed by atoms with E-state index in [0.29, 0.717) is 18.6 Å². The van der Waals surface area contributed by atoms with Crippen LogP contribution in [-0.4, -0.2) is 65.3 Å². The second kappa shape index (κ2) is 12.5. The van der Waals surface area contributed by atoms with Crippen LogP contribution in [0.2, 0.25) is 0 Å². The first-order chi connectivity index (χ1) is 13.6. The Labute approximate surface area is 178 Å². The number of unbranched alkanes of at least 4 members (excludes halogenated alkanes) is 3. The van der Waals surface area contributed by atoms with Crippen molar-refractivity contribution < 1.29 is 19.4 Å². The zero-order valence-corrected chi connectivity index (χ0v) is 19.5. The summed E-state index contributed by atoms with van der Waals surface area (Å²) in [5.74, 6) is -0.0858. The summed E-state index contributed by atoms with van der Waals surface area (Å²) < 4.78 is 5.78. The van der Waals surface area contributed by atoms with Crippen molar-refractivity contribution in [3.8, 4) is 0 Å². The molecule has 0 aromatic carbocycles. The molecule has 1 aliphatic heterocycles. The summed E-state index contributed by atoms with van der Waals surface area (Å²) >= 11 is 0. The third-order valence-electron chi connectivity index (χ3n) is 6.01. The van der Waals surface area contributed by atoms with Crippen LogP contribution in [0.25, 0.3) is 0 Å². The predicted octanol–water partition coefficient (Wildman–Crippen LogP) is 4.60. The quantitative estimate of drug-likeness (QED) is 0.297. The van der Waals surface area contributed by atoms with Gasteiger partial charge in [0.15, 0.2) is 0 Å². The maximum absolute atomic E-state index is 12.4. The van der Waals surface area contributed by atoms with E-state index >= 15 is 0 Å². The van der Waals surface area contributed by atoms with E-state index in [4.69, 9.17) is 9.84 Å². The molecule has 1 aliphatic rings. The minimum Gasteiger partial charge on any atom is -0.396 e. The summed E-state index contributed by atoms with van der Waals surface area (Å²) in [5.41, 5.74) is -0.0990. The van der Waals surface area contributed by atoms with Gasteiger partial charge >= 0.3 is 6.03 Å². The highest BCUT2D eigenvalue weighted by molar-refractivity contribution is 6.02. The second-order valence-corrected chi connectivity index (χ2v) is 9.71. The number of hydrogen-bond acceptors (Lipinski definition) is 4. The molecule has 1 heterocycles. The molecule has 29 heavy (non-hydrogen) atoms. The third-order valence-corrected chi connectivity index (χ3v) is 6.01. The highest BCUT2D eigenvalue weighted by atomic mass is 16.5. The van der Waals surface area contributed by atoms with Crippen LogP contribution in [0.1, 0.15) is 92.4 Å². The number of amides is 3. The van der Waals surface area contributed by atoms with Crippen molar-refractivity contribution in [1.82, 2.24) is 9.80 Å². The molecule has 3 amide bonds. The van der Waals surface area contributed by atoms with Crippen LogP contribution in [-0.2, 0) is 9.53 Å². The standard InChI is InChI=1S/C23H44N2O4/c1-6-24-19-20(27)25(21(24)28)23(4,5)15-9-12-18-29-17-11-8-14-22(2,3)13-7-10-16-26/h26H,6-19H2,1-5H3. The monoisotopic (exact) mass is 412 g/mol. The Kier molecular flexibility index (Phi) is 11.2. The summed E-state index contributed by atoms with van der Waals surface area (Å²) in [5, 5.41) is 8.89. The number of rotatable bonds is 16. The Morgan fingerprint density at radius 3 is 1.97 bits per heavy atom. The minimum absolute atomic E-state index is 0.0858. The maximum Gasteiger partial charge on any atom is 0.327 e. The van der Waals surface area contributed by atoms with Gasteiger partial charge in [0.1, 0.15) is 6.54 Å². The topological polar surface area (TPSA) is 70.1 Å². The Hall–Kier alpha value is -1.14. The molecule has 0 radical (unpaired) electrons. The van der Waals surface area contributed by atoms with Crippen molar-refractivity contribution in [1.29, 1.82) is 0 Å². The summed E-state index contributed by atoms with van der Waals surface area (Å²) in [6, 6.07) is -0.155. The number of urea groups is 1. The number of likely N-dealkylation sites (N-methyl/N-ethyl adjacent to an activating group) is 1. The number of nitrogens with zero attached hydrogens (tertiary/aromatic N) is 2. The normalized spacial score (nSPS) is 15.7. The molecule has 0 spiro atoms. The molecule has 6 heteroatoms. The fraction of sp³-hybridized carbons (Fsp3) is 0.913. The van der Waals surface area contributed by atoms with Gasteiger partial charge in [0.05, 0.1) is 0 Å². The highest BCUT2D eigenvalue weighted by Gasteiger charge is 2.43. The molecular formula is C23H44N2O4. The summed E-state index contributed by atoms with van der Waals surface area (Å²) in [4.78, 5) is 27.6. The largest absolute Gasteiger partial charge is 0.396 e. The summed E-state index contributed by atoms with van der Waals surface area (Å²) in [6.45, 7) is 13.1. The number of aliphatic hydroxyl groups is 1. The molecule has 0 atom stereocenters. The first kappa shape index (κ1) is 25.9. The van der Waals surface area contributed by atoms with Crippen molar-refractivity contribution in [3.63, 3.8) is 0 Å². The van der Waals surface area contributed by atoms with Gasteiger partial charge in [-0.25, -0.2) is 4.79 Å². The number of imide groups is 1. The van der Waals surface area contributed by atoms with Crippen molar-refractivity contribution in [2.75, 3.05) is 32.9 Å². The second-order valence-electron chi connectivity index (χ2n) is 9.71. The number of aliphatic hydroxyl groups excluding tert-OH is 1. The van der Waals surface area contributed by atoms with Crippen molar-refractivity contribution >= 4 is 11.9 Å². The molecule has 0 bridgehead atoms. The lowest BCUT2D eigenvalue weighted by Crippen LogP contribution is -2.48. The molecular weight excluding hydrogens is 368 g/mol. The van der Waals surface area contributed by atoms with Gasteiger partial charge in [0, 0.05) is 31.9 Å². The van der Waals surface area contributed by atoms with Crippen molar-refractivity contribution in [2.45, 2.75) is 97.9 Å². The van der Waals surface area contributed by atoms with E-state index < -0.39 is 5.54 Å². The summed E-state index contributed by atoms with van der Waals surface area (Å²) in [6.07, 6.45) is 9.31. The van der Waals surface area contributed by atoms with E-state index in [-0.39, 0.29) is 18.5 Å². The maximum atomic E-state index is 12.4. The van der Waals surface area contributed by atoms with Crippen LogP contribution in [0.5, 0.6) is 0 Å². The van der Waals surface area contributed by atoms with Gasteiger partial charge in [-0.1, -0.05) is 26.7 Å². The molecule has 1 fully saturated rings. The predicted molar refractivity (Wildman–Crippen MR) is 117 cm³/mol. The first-order valence-corrected chi connectivity index (χ1v) is 11.5. The highest BCUT2D eigenvalue weighted by Crippen LogP contribution is 2.29. The van der Waals surface area contributed by atoms with E-state index in [1.807, 2.05) is 20.8 Å². The first-order valence-electron chi connectivity index (χ1n) is 11.5. The lowest BCUT2D eigenvalue weighted by atomic mass is 9.82. The van der Waals surface area contributed by atoms with Crippen molar-refractivity contribution in [3.05, 3.63) is 0 Å². The molecule has 1 saturated heterocycles.